The largest absolute Gasteiger partial charge is 0.350 e. The average molecular weight is 282 g/mol. The van der Waals surface area contributed by atoms with E-state index in [0.29, 0.717) is 5.92 Å². The molecule has 0 fully saturated rings. The van der Waals surface area contributed by atoms with Gasteiger partial charge in [0.2, 0.25) is 0 Å². The van der Waals surface area contributed by atoms with E-state index in [1.165, 1.54) is 17.5 Å². The summed E-state index contributed by atoms with van der Waals surface area (Å²) in [6.45, 7) is 2.73. The fourth-order valence-electron chi connectivity index (χ4n) is 3.21. The van der Waals surface area contributed by atoms with Crippen LogP contribution in [0.3, 0.4) is 0 Å². The van der Waals surface area contributed by atoms with Gasteiger partial charge in [-0.1, -0.05) is 24.3 Å². The van der Waals surface area contributed by atoms with Gasteiger partial charge in [-0.15, -0.1) is 0 Å². The zero-order valence-electron chi connectivity index (χ0n) is 12.7. The second-order valence-corrected chi connectivity index (χ2v) is 5.92. The molecule has 0 aliphatic heterocycles. The lowest BCUT2D eigenvalue weighted by atomic mass is 9.83. The molecule has 3 rings (SSSR count). The highest BCUT2D eigenvalue weighted by atomic mass is 16.1. The minimum absolute atomic E-state index is 0.0219. The predicted molar refractivity (Wildman–Crippen MR) is 84.6 cm³/mol. The van der Waals surface area contributed by atoms with E-state index >= 15 is 0 Å². The standard InChI is InChI=1S/C18H22N2O/c1-13-10-11-17(20(13)2)18(21)19-12-15-8-5-7-14-6-3-4-9-16(14)15/h3-4,6,9-11,15H,5,7-8,12H2,1-2H3,(H,19,21)/t15-/m1/s1. The lowest BCUT2D eigenvalue weighted by Gasteiger charge is -2.25. The van der Waals surface area contributed by atoms with Gasteiger partial charge in [0.05, 0.1) is 0 Å². The van der Waals surface area contributed by atoms with Gasteiger partial charge < -0.3 is 9.88 Å². The van der Waals surface area contributed by atoms with Crippen molar-refractivity contribution < 1.29 is 4.79 Å². The third kappa shape index (κ3) is 2.73. The number of carbonyl (C=O) groups is 1. The summed E-state index contributed by atoms with van der Waals surface area (Å²) in [5, 5.41) is 3.10. The maximum absolute atomic E-state index is 12.3. The normalized spacial score (nSPS) is 17.3. The number of fused-ring (bicyclic) bond motifs is 1. The molecule has 1 aromatic carbocycles. The summed E-state index contributed by atoms with van der Waals surface area (Å²) in [5.74, 6) is 0.467. The molecule has 0 bridgehead atoms. The van der Waals surface area contributed by atoms with E-state index in [-0.39, 0.29) is 5.91 Å². The monoisotopic (exact) mass is 282 g/mol. The van der Waals surface area contributed by atoms with Crippen LogP contribution in [0.15, 0.2) is 36.4 Å². The van der Waals surface area contributed by atoms with E-state index in [1.807, 2.05) is 30.7 Å². The number of nitrogens with zero attached hydrogens (tertiary/aromatic N) is 1. The number of amides is 1. The average Bonchev–Trinajstić information content (AvgIpc) is 2.84. The Morgan fingerprint density at radius 1 is 1.29 bits per heavy atom. The van der Waals surface area contributed by atoms with Gasteiger partial charge >= 0.3 is 0 Å². The molecule has 0 saturated carbocycles. The van der Waals surface area contributed by atoms with Crippen LogP contribution in [0.25, 0.3) is 0 Å². The molecule has 3 heteroatoms. The van der Waals surface area contributed by atoms with Gasteiger partial charge in [0, 0.05) is 25.2 Å². The molecule has 1 N–H and O–H groups in total. The molecule has 1 atom stereocenters. The van der Waals surface area contributed by atoms with Crippen molar-refractivity contribution in [2.45, 2.75) is 32.1 Å². The molecule has 1 aromatic heterocycles. The highest BCUT2D eigenvalue weighted by Crippen LogP contribution is 2.30. The van der Waals surface area contributed by atoms with Crippen LogP contribution in [-0.4, -0.2) is 17.0 Å². The van der Waals surface area contributed by atoms with Crippen LogP contribution in [0.2, 0.25) is 0 Å². The number of aryl methyl sites for hydroxylation is 2. The molecule has 110 valence electrons. The first-order chi connectivity index (χ1) is 10.2. The molecule has 1 heterocycles. The number of hydrogen-bond donors (Lipinski definition) is 1. The molecular weight excluding hydrogens is 260 g/mol. The Bertz CT molecular complexity index is 657. The van der Waals surface area contributed by atoms with E-state index in [2.05, 4.69) is 29.6 Å². The Kier molecular flexibility index (Phi) is 3.82. The van der Waals surface area contributed by atoms with Crippen molar-refractivity contribution >= 4 is 5.91 Å². The third-order valence-corrected chi connectivity index (χ3v) is 4.61. The lowest BCUT2D eigenvalue weighted by molar-refractivity contribution is 0.0942. The van der Waals surface area contributed by atoms with Crippen molar-refractivity contribution in [3.8, 4) is 0 Å². The quantitative estimate of drug-likeness (QED) is 0.921. The Labute approximate surface area is 126 Å². The highest BCUT2D eigenvalue weighted by molar-refractivity contribution is 5.92. The Balaban J connectivity index is 1.69. The van der Waals surface area contributed by atoms with Gasteiger partial charge in [-0.3, -0.25) is 4.79 Å². The summed E-state index contributed by atoms with van der Waals surface area (Å²) in [6, 6.07) is 12.5. The molecule has 3 nitrogen and oxygen atoms in total. The van der Waals surface area contributed by atoms with E-state index in [9.17, 15) is 4.79 Å². The molecule has 21 heavy (non-hydrogen) atoms. The van der Waals surface area contributed by atoms with Crippen molar-refractivity contribution in [2.24, 2.45) is 7.05 Å². The number of aromatic nitrogens is 1. The first-order valence-electron chi connectivity index (χ1n) is 7.65. The summed E-state index contributed by atoms with van der Waals surface area (Å²) in [7, 11) is 1.93. The smallest absolute Gasteiger partial charge is 0.267 e. The zero-order chi connectivity index (χ0) is 14.8. The molecule has 2 aromatic rings. The van der Waals surface area contributed by atoms with E-state index in [1.54, 1.807) is 0 Å². The lowest BCUT2D eigenvalue weighted by Crippen LogP contribution is -2.31. The minimum atomic E-state index is 0.0219. The van der Waals surface area contributed by atoms with Gasteiger partial charge in [0.1, 0.15) is 5.69 Å². The molecule has 1 aliphatic carbocycles. The fraction of sp³-hybridized carbons (Fsp3) is 0.389. The second kappa shape index (κ2) is 5.76. The summed E-state index contributed by atoms with van der Waals surface area (Å²) in [4.78, 5) is 12.3. The molecule has 1 aliphatic rings. The first kappa shape index (κ1) is 13.9. The number of rotatable bonds is 3. The first-order valence-corrected chi connectivity index (χ1v) is 7.65. The van der Waals surface area contributed by atoms with Crippen LogP contribution >= 0.6 is 0 Å². The van der Waals surface area contributed by atoms with E-state index in [0.717, 1.165) is 30.8 Å². The second-order valence-electron chi connectivity index (χ2n) is 5.92. The van der Waals surface area contributed by atoms with Gasteiger partial charge in [0.15, 0.2) is 0 Å². The van der Waals surface area contributed by atoms with E-state index < -0.39 is 0 Å². The Morgan fingerprint density at radius 3 is 2.86 bits per heavy atom. The Hall–Kier alpha value is -2.03. The summed E-state index contributed by atoms with van der Waals surface area (Å²) in [5.41, 5.74) is 4.68. The molecular formula is C18H22N2O. The van der Waals surface area contributed by atoms with Gasteiger partial charge in [0.25, 0.3) is 5.91 Å². The maximum atomic E-state index is 12.3. The number of carbonyl (C=O) groups excluding carboxylic acids is 1. The van der Waals surface area contributed by atoms with Crippen molar-refractivity contribution in [3.05, 3.63) is 58.9 Å². The molecule has 0 radical (unpaired) electrons. The highest BCUT2D eigenvalue weighted by Gasteiger charge is 2.21. The Morgan fingerprint density at radius 2 is 2.10 bits per heavy atom. The van der Waals surface area contributed by atoms with Crippen LogP contribution in [-0.2, 0) is 13.5 Å². The van der Waals surface area contributed by atoms with Crippen LogP contribution in [0, 0.1) is 6.92 Å². The summed E-state index contributed by atoms with van der Waals surface area (Å²) in [6.07, 6.45) is 3.53. The summed E-state index contributed by atoms with van der Waals surface area (Å²) < 4.78 is 1.93. The van der Waals surface area contributed by atoms with Gasteiger partial charge in [-0.2, -0.15) is 0 Å². The summed E-state index contributed by atoms with van der Waals surface area (Å²) >= 11 is 0. The maximum Gasteiger partial charge on any atom is 0.267 e. The van der Waals surface area contributed by atoms with Gasteiger partial charge in [-0.25, -0.2) is 0 Å². The van der Waals surface area contributed by atoms with Crippen LogP contribution in [0.4, 0.5) is 0 Å². The fourth-order valence-corrected chi connectivity index (χ4v) is 3.21. The van der Waals surface area contributed by atoms with Crippen molar-refractivity contribution in [1.82, 2.24) is 9.88 Å². The van der Waals surface area contributed by atoms with Crippen molar-refractivity contribution in [3.63, 3.8) is 0 Å². The molecule has 0 spiro atoms. The van der Waals surface area contributed by atoms with Gasteiger partial charge in [-0.05, 0) is 49.4 Å². The van der Waals surface area contributed by atoms with Crippen LogP contribution in [0.1, 0.15) is 46.1 Å². The molecule has 1 amide bonds. The third-order valence-electron chi connectivity index (χ3n) is 4.61. The number of benzene rings is 1. The van der Waals surface area contributed by atoms with Crippen molar-refractivity contribution in [2.75, 3.05) is 6.54 Å². The number of nitrogens with one attached hydrogen (secondary N) is 1. The SMILES string of the molecule is Cc1ccc(C(=O)NC[C@H]2CCCc3ccccc32)n1C. The van der Waals surface area contributed by atoms with E-state index in [4.69, 9.17) is 0 Å². The topological polar surface area (TPSA) is 34.0 Å². The molecule has 0 saturated heterocycles. The van der Waals surface area contributed by atoms with Crippen molar-refractivity contribution in [1.29, 1.82) is 0 Å². The molecule has 0 unspecified atom stereocenters. The number of hydrogen-bond acceptors (Lipinski definition) is 1. The van der Waals surface area contributed by atoms with Crippen LogP contribution < -0.4 is 5.32 Å². The van der Waals surface area contributed by atoms with Crippen LogP contribution in [0.5, 0.6) is 0 Å². The zero-order valence-corrected chi connectivity index (χ0v) is 12.7. The minimum Gasteiger partial charge on any atom is -0.350 e. The predicted octanol–water partition coefficient (Wildman–Crippen LogP) is 3.18.